The monoisotopic (exact) mass is 281 g/mol. The zero-order chi connectivity index (χ0) is 14.3. The number of aldehydes is 1. The van der Waals surface area contributed by atoms with E-state index in [1.165, 1.54) is 0 Å². The first-order valence-corrected chi connectivity index (χ1v) is 6.58. The number of hydrogen-bond acceptors (Lipinski definition) is 4. The molecule has 0 spiro atoms. The molecule has 0 amide bonds. The fourth-order valence-corrected chi connectivity index (χ4v) is 2.11. The molecule has 0 unspecified atom stereocenters. The first kappa shape index (κ1) is 14.5. The van der Waals surface area contributed by atoms with E-state index in [9.17, 15) is 4.79 Å². The summed E-state index contributed by atoms with van der Waals surface area (Å²) in [5, 5.41) is 0.358. The standard InChI is InChI=1S/C13H17BClNO3/c1-12(2)13(3,4)19-14(18-12)10-8-16-11(15)7-9(10)5-6-17/h6-8H,5H2,1-4H3. The molecular weight excluding hydrogens is 264 g/mol. The van der Waals surface area contributed by atoms with Gasteiger partial charge in [0, 0.05) is 18.1 Å². The summed E-state index contributed by atoms with van der Waals surface area (Å²) in [5.41, 5.74) is 0.703. The lowest BCUT2D eigenvalue weighted by atomic mass is 9.76. The van der Waals surface area contributed by atoms with Gasteiger partial charge >= 0.3 is 7.12 Å². The highest BCUT2D eigenvalue weighted by Gasteiger charge is 2.52. The van der Waals surface area contributed by atoms with Gasteiger partial charge in [-0.15, -0.1) is 0 Å². The topological polar surface area (TPSA) is 48.4 Å². The van der Waals surface area contributed by atoms with Crippen LogP contribution in [0.3, 0.4) is 0 Å². The molecule has 0 aromatic carbocycles. The Kier molecular flexibility index (Phi) is 3.73. The van der Waals surface area contributed by atoms with Crippen LogP contribution in [0.1, 0.15) is 33.3 Å². The minimum Gasteiger partial charge on any atom is -0.399 e. The Bertz CT molecular complexity index is 489. The van der Waals surface area contributed by atoms with E-state index in [2.05, 4.69) is 4.98 Å². The predicted molar refractivity (Wildman–Crippen MR) is 74.7 cm³/mol. The summed E-state index contributed by atoms with van der Waals surface area (Å²) in [7, 11) is -0.523. The number of carbonyl (C=O) groups excluding carboxylic acids is 1. The number of nitrogens with zero attached hydrogens (tertiary/aromatic N) is 1. The van der Waals surface area contributed by atoms with Crippen LogP contribution < -0.4 is 5.46 Å². The van der Waals surface area contributed by atoms with E-state index in [0.717, 1.165) is 17.3 Å². The normalized spacial score (nSPS) is 20.6. The average Bonchev–Trinajstić information content (AvgIpc) is 2.48. The van der Waals surface area contributed by atoms with Gasteiger partial charge in [0.15, 0.2) is 0 Å². The van der Waals surface area contributed by atoms with E-state index >= 15 is 0 Å². The molecule has 2 rings (SSSR count). The van der Waals surface area contributed by atoms with Crippen LogP contribution in [0.15, 0.2) is 12.3 Å². The summed E-state index contributed by atoms with van der Waals surface area (Å²) in [6.45, 7) is 7.93. The molecule has 1 aliphatic rings. The van der Waals surface area contributed by atoms with Crippen molar-refractivity contribution in [3.05, 3.63) is 23.0 Å². The molecular formula is C13H17BClNO3. The highest BCUT2D eigenvalue weighted by molar-refractivity contribution is 6.62. The molecule has 0 N–H and O–H groups in total. The Labute approximate surface area is 118 Å². The molecule has 0 aliphatic carbocycles. The Balaban J connectivity index is 2.36. The molecule has 6 heteroatoms. The van der Waals surface area contributed by atoms with Gasteiger partial charge in [-0.05, 0) is 39.3 Å². The van der Waals surface area contributed by atoms with Crippen LogP contribution in [0, 0.1) is 0 Å². The van der Waals surface area contributed by atoms with Gasteiger partial charge < -0.3 is 14.1 Å². The highest BCUT2D eigenvalue weighted by Crippen LogP contribution is 2.36. The van der Waals surface area contributed by atoms with Crippen molar-refractivity contribution >= 4 is 30.5 Å². The lowest BCUT2D eigenvalue weighted by molar-refractivity contribution is -0.107. The summed E-state index contributed by atoms with van der Waals surface area (Å²) < 4.78 is 11.9. The number of pyridine rings is 1. The minimum absolute atomic E-state index is 0.266. The molecule has 1 aromatic rings. The van der Waals surface area contributed by atoms with Gasteiger partial charge in [-0.2, -0.15) is 0 Å². The Morgan fingerprint density at radius 2 is 1.89 bits per heavy atom. The molecule has 4 nitrogen and oxygen atoms in total. The molecule has 1 aromatic heterocycles. The van der Waals surface area contributed by atoms with Crippen LogP contribution >= 0.6 is 11.6 Å². The van der Waals surface area contributed by atoms with Gasteiger partial charge in [-0.25, -0.2) is 4.98 Å². The van der Waals surface area contributed by atoms with Crippen molar-refractivity contribution in [1.82, 2.24) is 4.98 Å². The number of carbonyl (C=O) groups is 1. The molecule has 0 atom stereocenters. The van der Waals surface area contributed by atoms with Gasteiger partial charge in [-0.1, -0.05) is 11.6 Å². The Morgan fingerprint density at radius 1 is 1.32 bits per heavy atom. The number of hydrogen-bond donors (Lipinski definition) is 0. The van der Waals surface area contributed by atoms with Crippen LogP contribution in [0.2, 0.25) is 5.15 Å². The molecule has 1 aliphatic heterocycles. The quantitative estimate of drug-likeness (QED) is 0.481. The lowest BCUT2D eigenvalue weighted by Crippen LogP contribution is -2.41. The van der Waals surface area contributed by atoms with E-state index in [1.54, 1.807) is 12.3 Å². The molecule has 0 bridgehead atoms. The highest BCUT2D eigenvalue weighted by atomic mass is 35.5. The van der Waals surface area contributed by atoms with Gasteiger partial charge in [0.1, 0.15) is 11.4 Å². The van der Waals surface area contributed by atoms with E-state index in [1.807, 2.05) is 27.7 Å². The first-order valence-electron chi connectivity index (χ1n) is 6.20. The third kappa shape index (κ3) is 2.68. The maximum atomic E-state index is 10.8. The van der Waals surface area contributed by atoms with E-state index < -0.39 is 18.3 Å². The molecule has 1 saturated heterocycles. The zero-order valence-electron chi connectivity index (χ0n) is 11.6. The smallest absolute Gasteiger partial charge is 0.399 e. The van der Waals surface area contributed by atoms with Gasteiger partial charge in [0.05, 0.1) is 11.2 Å². The van der Waals surface area contributed by atoms with Crippen molar-refractivity contribution < 1.29 is 14.1 Å². The second-order valence-electron chi connectivity index (χ2n) is 5.66. The Hall–Kier alpha value is -0.905. The van der Waals surface area contributed by atoms with Crippen LogP contribution in [0.5, 0.6) is 0 Å². The largest absolute Gasteiger partial charge is 0.496 e. The second kappa shape index (κ2) is 4.89. The molecule has 102 valence electrons. The van der Waals surface area contributed by atoms with Gasteiger partial charge in [-0.3, -0.25) is 0 Å². The van der Waals surface area contributed by atoms with Crippen LogP contribution in [0.25, 0.3) is 0 Å². The second-order valence-corrected chi connectivity index (χ2v) is 6.05. The summed E-state index contributed by atoms with van der Waals surface area (Å²) in [6, 6.07) is 1.68. The van der Waals surface area contributed by atoms with Crippen LogP contribution in [-0.2, 0) is 20.5 Å². The van der Waals surface area contributed by atoms with Crippen molar-refractivity contribution in [3.63, 3.8) is 0 Å². The number of rotatable bonds is 3. The predicted octanol–water partition coefficient (Wildman–Crippen LogP) is 1.78. The van der Waals surface area contributed by atoms with Crippen molar-refractivity contribution in [2.45, 2.75) is 45.3 Å². The fraction of sp³-hybridized carbons (Fsp3) is 0.538. The molecule has 1 fully saturated rings. The van der Waals surface area contributed by atoms with Crippen LogP contribution in [0.4, 0.5) is 0 Å². The van der Waals surface area contributed by atoms with Crippen LogP contribution in [-0.4, -0.2) is 29.6 Å². The third-order valence-corrected chi connectivity index (χ3v) is 4.01. The lowest BCUT2D eigenvalue weighted by Gasteiger charge is -2.32. The SMILES string of the molecule is CC1(C)OB(c2cnc(Cl)cc2CC=O)OC1(C)C. The Morgan fingerprint density at radius 3 is 2.42 bits per heavy atom. The molecule has 19 heavy (non-hydrogen) atoms. The van der Waals surface area contributed by atoms with Crippen molar-refractivity contribution in [2.75, 3.05) is 0 Å². The number of halogens is 1. The minimum atomic E-state index is -0.523. The summed E-state index contributed by atoms with van der Waals surface area (Å²) in [4.78, 5) is 14.8. The van der Waals surface area contributed by atoms with E-state index in [0.29, 0.717) is 5.15 Å². The average molecular weight is 282 g/mol. The third-order valence-electron chi connectivity index (χ3n) is 3.80. The first-order chi connectivity index (χ1) is 8.77. The zero-order valence-corrected chi connectivity index (χ0v) is 12.3. The van der Waals surface area contributed by atoms with Crippen molar-refractivity contribution in [1.29, 1.82) is 0 Å². The molecule has 2 heterocycles. The maximum Gasteiger partial charge on any atom is 0.496 e. The van der Waals surface area contributed by atoms with E-state index in [-0.39, 0.29) is 6.42 Å². The number of aromatic nitrogens is 1. The summed E-state index contributed by atoms with van der Waals surface area (Å²) >= 11 is 5.86. The summed E-state index contributed by atoms with van der Waals surface area (Å²) in [5.74, 6) is 0. The fourth-order valence-electron chi connectivity index (χ4n) is 1.93. The van der Waals surface area contributed by atoms with Crippen molar-refractivity contribution in [3.8, 4) is 0 Å². The molecule has 0 saturated carbocycles. The van der Waals surface area contributed by atoms with E-state index in [4.69, 9.17) is 20.9 Å². The maximum absolute atomic E-state index is 10.8. The van der Waals surface area contributed by atoms with Crippen molar-refractivity contribution in [2.24, 2.45) is 0 Å². The molecule has 0 radical (unpaired) electrons. The van der Waals surface area contributed by atoms with Gasteiger partial charge in [0.2, 0.25) is 0 Å². The summed E-state index contributed by atoms with van der Waals surface area (Å²) in [6.07, 6.45) is 2.71. The van der Waals surface area contributed by atoms with Gasteiger partial charge in [0.25, 0.3) is 0 Å².